The zero-order chi connectivity index (χ0) is 12.2. The third kappa shape index (κ3) is 2.50. The second-order valence-electron chi connectivity index (χ2n) is 4.06. The molecule has 0 aliphatic carbocycles. The number of aromatic nitrogens is 1. The molecule has 1 aromatic carbocycles. The number of pyridine rings is 1. The number of ether oxygens (including phenoxy) is 2. The molecule has 1 aliphatic heterocycles. The minimum absolute atomic E-state index is 0.232. The second-order valence-corrected chi connectivity index (χ2v) is 4.06. The van der Waals surface area contributed by atoms with Crippen LogP contribution in [-0.2, 0) is 9.47 Å². The van der Waals surface area contributed by atoms with Crippen LogP contribution in [-0.4, -0.2) is 18.2 Å². The molecule has 4 nitrogen and oxygen atoms in total. The van der Waals surface area contributed by atoms with E-state index in [9.17, 15) is 0 Å². The summed E-state index contributed by atoms with van der Waals surface area (Å²) in [5.41, 5.74) is 3.06. The molecule has 0 bridgehead atoms. The summed E-state index contributed by atoms with van der Waals surface area (Å²) in [7, 11) is 0. The second kappa shape index (κ2) is 5.16. The van der Waals surface area contributed by atoms with Crippen molar-refractivity contribution in [2.45, 2.75) is 6.29 Å². The highest BCUT2D eigenvalue weighted by molar-refractivity contribution is 5.59. The first kappa shape index (κ1) is 11.2. The van der Waals surface area contributed by atoms with Crippen LogP contribution in [0.3, 0.4) is 0 Å². The molecule has 4 heteroatoms. The Hall–Kier alpha value is -1.91. The van der Waals surface area contributed by atoms with Gasteiger partial charge in [0.1, 0.15) is 0 Å². The van der Waals surface area contributed by atoms with Crippen molar-refractivity contribution in [1.29, 1.82) is 0 Å². The van der Waals surface area contributed by atoms with Gasteiger partial charge in [-0.2, -0.15) is 0 Å². The Morgan fingerprint density at radius 1 is 1.00 bits per heavy atom. The third-order valence-corrected chi connectivity index (χ3v) is 2.75. The average molecular weight is 242 g/mol. The van der Waals surface area contributed by atoms with Crippen molar-refractivity contribution >= 4 is 11.4 Å². The average Bonchev–Trinajstić information content (AvgIpc) is 2.94. The molecule has 0 saturated carbocycles. The van der Waals surface area contributed by atoms with E-state index >= 15 is 0 Å². The largest absolute Gasteiger partial charge is 0.355 e. The van der Waals surface area contributed by atoms with Gasteiger partial charge in [-0.15, -0.1) is 0 Å². The summed E-state index contributed by atoms with van der Waals surface area (Å²) in [5.74, 6) is 0. The van der Waals surface area contributed by atoms with Gasteiger partial charge in [-0.25, -0.2) is 0 Å². The van der Waals surface area contributed by atoms with Gasteiger partial charge in [0.25, 0.3) is 0 Å². The molecule has 2 aromatic rings. The number of hydrogen-bond donors (Lipinski definition) is 1. The van der Waals surface area contributed by atoms with Gasteiger partial charge in [0.05, 0.1) is 13.2 Å². The minimum Gasteiger partial charge on any atom is -0.355 e. The number of anilines is 2. The van der Waals surface area contributed by atoms with Gasteiger partial charge in [0.2, 0.25) is 0 Å². The number of nitrogens with zero attached hydrogens (tertiary/aromatic N) is 1. The van der Waals surface area contributed by atoms with E-state index in [-0.39, 0.29) is 6.29 Å². The number of benzene rings is 1. The maximum atomic E-state index is 5.48. The van der Waals surface area contributed by atoms with Crippen molar-refractivity contribution in [2.75, 3.05) is 18.5 Å². The molecular weight excluding hydrogens is 228 g/mol. The SMILES string of the molecule is c1cc(Nc2ccncc2)cc(C2OCCO2)c1. The van der Waals surface area contributed by atoms with Crippen LogP contribution in [0, 0.1) is 0 Å². The van der Waals surface area contributed by atoms with E-state index in [1.54, 1.807) is 12.4 Å². The van der Waals surface area contributed by atoms with Gasteiger partial charge >= 0.3 is 0 Å². The molecule has 0 unspecified atom stereocenters. The Morgan fingerprint density at radius 3 is 2.56 bits per heavy atom. The van der Waals surface area contributed by atoms with Crippen LogP contribution in [0.5, 0.6) is 0 Å². The highest BCUT2D eigenvalue weighted by Gasteiger charge is 2.18. The Balaban J connectivity index is 1.78. The zero-order valence-electron chi connectivity index (χ0n) is 9.87. The fourth-order valence-corrected chi connectivity index (χ4v) is 1.92. The van der Waals surface area contributed by atoms with E-state index in [0.717, 1.165) is 16.9 Å². The summed E-state index contributed by atoms with van der Waals surface area (Å²) in [5, 5.41) is 3.32. The van der Waals surface area contributed by atoms with Crippen LogP contribution in [0.1, 0.15) is 11.9 Å². The Bertz CT molecular complexity index is 510. The molecule has 1 N–H and O–H groups in total. The van der Waals surface area contributed by atoms with Crippen LogP contribution < -0.4 is 5.32 Å². The van der Waals surface area contributed by atoms with Crippen molar-refractivity contribution in [2.24, 2.45) is 0 Å². The van der Waals surface area contributed by atoms with Crippen molar-refractivity contribution in [3.8, 4) is 0 Å². The van der Waals surface area contributed by atoms with Crippen LogP contribution in [0.4, 0.5) is 11.4 Å². The summed E-state index contributed by atoms with van der Waals surface area (Å²) in [6.45, 7) is 1.32. The Morgan fingerprint density at radius 2 is 1.78 bits per heavy atom. The fraction of sp³-hybridized carbons (Fsp3) is 0.214. The summed E-state index contributed by atoms with van der Waals surface area (Å²) in [6.07, 6.45) is 3.29. The lowest BCUT2D eigenvalue weighted by atomic mass is 10.2. The van der Waals surface area contributed by atoms with E-state index in [0.29, 0.717) is 13.2 Å². The topological polar surface area (TPSA) is 43.4 Å². The molecule has 1 fully saturated rings. The van der Waals surface area contributed by atoms with Crippen LogP contribution in [0.25, 0.3) is 0 Å². The van der Waals surface area contributed by atoms with E-state index in [1.165, 1.54) is 0 Å². The predicted octanol–water partition coefficient (Wildman–Crippen LogP) is 2.87. The summed E-state index contributed by atoms with van der Waals surface area (Å²) in [6, 6.07) is 11.9. The van der Waals surface area contributed by atoms with Crippen LogP contribution >= 0.6 is 0 Å². The molecule has 1 saturated heterocycles. The number of nitrogens with one attached hydrogen (secondary N) is 1. The lowest BCUT2D eigenvalue weighted by molar-refractivity contribution is -0.0440. The lowest BCUT2D eigenvalue weighted by Crippen LogP contribution is -1.99. The van der Waals surface area contributed by atoms with Crippen molar-refractivity contribution < 1.29 is 9.47 Å². The fourth-order valence-electron chi connectivity index (χ4n) is 1.92. The first-order valence-corrected chi connectivity index (χ1v) is 5.92. The van der Waals surface area contributed by atoms with Gasteiger partial charge in [-0.05, 0) is 24.3 Å². The molecule has 3 rings (SSSR count). The Kier molecular flexibility index (Phi) is 3.21. The Labute approximate surface area is 106 Å². The van der Waals surface area contributed by atoms with E-state index in [4.69, 9.17) is 9.47 Å². The first-order valence-electron chi connectivity index (χ1n) is 5.92. The molecule has 0 amide bonds. The highest BCUT2D eigenvalue weighted by Crippen LogP contribution is 2.26. The molecule has 1 aliphatic rings. The number of hydrogen-bond acceptors (Lipinski definition) is 4. The molecule has 0 spiro atoms. The zero-order valence-corrected chi connectivity index (χ0v) is 9.87. The van der Waals surface area contributed by atoms with Gasteiger partial charge in [0.15, 0.2) is 6.29 Å². The quantitative estimate of drug-likeness (QED) is 0.898. The molecule has 18 heavy (non-hydrogen) atoms. The highest BCUT2D eigenvalue weighted by atomic mass is 16.7. The molecule has 2 heterocycles. The van der Waals surface area contributed by atoms with Crippen molar-refractivity contribution in [3.05, 3.63) is 54.4 Å². The lowest BCUT2D eigenvalue weighted by Gasteiger charge is -2.12. The smallest absolute Gasteiger partial charge is 0.184 e. The predicted molar refractivity (Wildman–Crippen MR) is 68.6 cm³/mol. The van der Waals surface area contributed by atoms with Crippen LogP contribution in [0.2, 0.25) is 0 Å². The maximum absolute atomic E-state index is 5.48. The maximum Gasteiger partial charge on any atom is 0.184 e. The standard InChI is InChI=1S/C14H14N2O2/c1-2-11(14-17-8-9-18-14)10-13(3-1)16-12-4-6-15-7-5-12/h1-7,10,14H,8-9H2,(H,15,16). The molecule has 1 aromatic heterocycles. The van der Waals surface area contributed by atoms with Crippen LogP contribution in [0.15, 0.2) is 48.8 Å². The van der Waals surface area contributed by atoms with Gasteiger partial charge in [-0.3, -0.25) is 4.98 Å². The minimum atomic E-state index is -0.232. The van der Waals surface area contributed by atoms with Gasteiger partial charge < -0.3 is 14.8 Å². The van der Waals surface area contributed by atoms with Gasteiger partial charge in [-0.1, -0.05) is 12.1 Å². The molecule has 0 radical (unpaired) electrons. The summed E-state index contributed by atoms with van der Waals surface area (Å²) < 4.78 is 11.0. The molecule has 92 valence electrons. The van der Waals surface area contributed by atoms with Crippen molar-refractivity contribution in [1.82, 2.24) is 4.98 Å². The van der Waals surface area contributed by atoms with E-state index in [2.05, 4.69) is 10.3 Å². The van der Waals surface area contributed by atoms with Gasteiger partial charge in [0, 0.05) is 29.3 Å². The third-order valence-electron chi connectivity index (χ3n) is 2.75. The summed E-state index contributed by atoms with van der Waals surface area (Å²) >= 11 is 0. The normalized spacial score (nSPS) is 15.8. The van der Waals surface area contributed by atoms with E-state index < -0.39 is 0 Å². The summed E-state index contributed by atoms with van der Waals surface area (Å²) in [4.78, 5) is 3.99. The number of rotatable bonds is 3. The monoisotopic (exact) mass is 242 g/mol. The van der Waals surface area contributed by atoms with E-state index in [1.807, 2.05) is 36.4 Å². The van der Waals surface area contributed by atoms with Crippen molar-refractivity contribution in [3.63, 3.8) is 0 Å². The molecule has 0 atom stereocenters. The molecular formula is C14H14N2O2. The first-order chi connectivity index (χ1) is 8.92.